The van der Waals surface area contributed by atoms with E-state index in [1.807, 2.05) is 48.5 Å². The second-order valence-electron chi connectivity index (χ2n) is 13.2. The topological polar surface area (TPSA) is 134 Å². The summed E-state index contributed by atoms with van der Waals surface area (Å²) in [7, 11) is 0. The number of rotatable bonds is 23. The van der Waals surface area contributed by atoms with Crippen LogP contribution in [0.2, 0.25) is 0 Å². The number of carbonyl (C=O) groups is 6. The van der Waals surface area contributed by atoms with Crippen molar-refractivity contribution < 1.29 is 38.2 Å². The molecular weight excluding hydrogens is 824 g/mol. The molecule has 2 aromatic rings. The molecule has 14 heteroatoms. The molecule has 2 unspecified atom stereocenters. The molecule has 2 aliphatic heterocycles. The molecule has 0 radical (unpaired) electrons. The number of ether oxygens (including phenoxy) is 2. The summed E-state index contributed by atoms with van der Waals surface area (Å²) < 4.78 is 12.0. The van der Waals surface area contributed by atoms with Gasteiger partial charge in [0, 0.05) is 48.0 Å². The first-order chi connectivity index (χ1) is 26.0. The van der Waals surface area contributed by atoms with Crippen molar-refractivity contribution in [3.63, 3.8) is 0 Å². The van der Waals surface area contributed by atoms with Crippen LogP contribution in [0.25, 0.3) is 0 Å². The minimum absolute atomic E-state index is 0.00539. The van der Waals surface area contributed by atoms with Crippen molar-refractivity contribution in [2.75, 3.05) is 26.3 Å². The summed E-state index contributed by atoms with van der Waals surface area (Å²) in [6, 6.07) is 12.8. The Morgan fingerprint density at radius 2 is 0.944 bits per heavy atom. The maximum Gasteiger partial charge on any atom is 0.327 e. The van der Waals surface area contributed by atoms with E-state index < -0.39 is 24.0 Å². The average molecular weight is 873 g/mol. The van der Waals surface area contributed by atoms with Crippen molar-refractivity contribution >= 4 is 67.7 Å². The molecule has 2 saturated heterocycles. The van der Waals surface area contributed by atoms with Gasteiger partial charge in [0.25, 0.3) is 11.8 Å². The third kappa shape index (κ3) is 12.1. The van der Waals surface area contributed by atoms with Gasteiger partial charge in [0.1, 0.15) is 25.3 Å². The van der Waals surface area contributed by atoms with Crippen LogP contribution in [0, 0.1) is 0 Å². The standard InChI is InChI=1S/C40H48Br2N4O8/c1-3-25-53-35(47)21-19-33-37(49)43(39(51)45(33)27-29-11-15-31(41)16-12-29)23-9-7-5-6-8-10-24-44-38(50)34(20-22-36(48)54-26-4-2)46(40(44)52)28-30-13-17-32(42)18-14-30/h3-4,11-18,33-34H,1-2,5-10,19-28H2. The van der Waals surface area contributed by atoms with Gasteiger partial charge in [-0.15, -0.1) is 0 Å². The lowest BCUT2D eigenvalue weighted by Gasteiger charge is -2.22. The molecule has 2 fully saturated rings. The molecule has 0 spiro atoms. The maximum atomic E-state index is 13.5. The summed E-state index contributed by atoms with van der Waals surface area (Å²) in [5.41, 5.74) is 1.74. The van der Waals surface area contributed by atoms with Crippen LogP contribution in [0.3, 0.4) is 0 Å². The van der Waals surface area contributed by atoms with E-state index in [0.717, 1.165) is 45.8 Å². The number of hydrogen-bond donors (Lipinski definition) is 0. The molecule has 4 rings (SSSR count). The molecule has 290 valence electrons. The molecule has 6 amide bonds. The largest absolute Gasteiger partial charge is 0.461 e. The lowest BCUT2D eigenvalue weighted by Crippen LogP contribution is -2.35. The predicted molar refractivity (Wildman–Crippen MR) is 210 cm³/mol. The Labute approximate surface area is 333 Å². The first-order valence-corrected chi connectivity index (χ1v) is 19.9. The van der Waals surface area contributed by atoms with Crippen molar-refractivity contribution in [1.82, 2.24) is 19.6 Å². The van der Waals surface area contributed by atoms with E-state index >= 15 is 0 Å². The van der Waals surface area contributed by atoms with Gasteiger partial charge >= 0.3 is 24.0 Å². The van der Waals surface area contributed by atoms with Crippen molar-refractivity contribution in [2.24, 2.45) is 0 Å². The number of hydrogen-bond acceptors (Lipinski definition) is 8. The van der Waals surface area contributed by atoms with Crippen LogP contribution in [0.4, 0.5) is 9.59 Å². The number of halogens is 2. The highest BCUT2D eigenvalue weighted by molar-refractivity contribution is 9.10. The number of imide groups is 2. The molecule has 0 bridgehead atoms. The molecule has 2 aliphatic rings. The highest BCUT2D eigenvalue weighted by Gasteiger charge is 2.45. The molecule has 2 atom stereocenters. The van der Waals surface area contributed by atoms with Crippen LogP contribution in [0.15, 0.2) is 82.8 Å². The van der Waals surface area contributed by atoms with Crippen LogP contribution < -0.4 is 0 Å². The van der Waals surface area contributed by atoms with Crippen LogP contribution >= 0.6 is 31.9 Å². The number of nitrogens with zero attached hydrogens (tertiary/aromatic N) is 4. The van der Waals surface area contributed by atoms with Crippen LogP contribution in [0.5, 0.6) is 0 Å². The van der Waals surface area contributed by atoms with E-state index in [9.17, 15) is 28.8 Å². The summed E-state index contributed by atoms with van der Waals surface area (Å²) >= 11 is 6.84. The monoisotopic (exact) mass is 870 g/mol. The van der Waals surface area contributed by atoms with E-state index in [-0.39, 0.29) is 89.0 Å². The molecule has 0 N–H and O–H groups in total. The Morgan fingerprint density at radius 1 is 0.593 bits per heavy atom. The van der Waals surface area contributed by atoms with Gasteiger partial charge in [-0.1, -0.05) is 107 Å². The molecule has 2 aromatic carbocycles. The smallest absolute Gasteiger partial charge is 0.327 e. The molecule has 0 aliphatic carbocycles. The number of esters is 2. The number of carbonyl (C=O) groups excluding carboxylic acids is 6. The number of urea groups is 2. The molecule has 0 aromatic heterocycles. The Kier molecular flexibility index (Phi) is 16.9. The Morgan fingerprint density at radius 3 is 1.30 bits per heavy atom. The van der Waals surface area contributed by atoms with Gasteiger partial charge in [-0.2, -0.15) is 0 Å². The zero-order valence-electron chi connectivity index (χ0n) is 30.5. The second kappa shape index (κ2) is 21.6. The number of unbranched alkanes of at least 4 members (excludes halogenated alkanes) is 5. The van der Waals surface area contributed by atoms with Crippen molar-refractivity contribution in [2.45, 2.75) is 89.4 Å². The minimum atomic E-state index is -0.759. The SMILES string of the molecule is C=CCOC(=O)CCC1C(=O)N(CCCCCCCCN2C(=O)C(CCC(=O)OCC=C)N(Cc3ccc(Br)cc3)C2=O)C(=O)N1Cc1ccc(Br)cc1. The van der Waals surface area contributed by atoms with Gasteiger partial charge in [-0.3, -0.25) is 29.0 Å². The number of amides is 6. The highest BCUT2D eigenvalue weighted by atomic mass is 79.9. The average Bonchev–Trinajstić information content (AvgIpc) is 3.52. The fourth-order valence-corrected chi connectivity index (χ4v) is 7.02. The molecule has 12 nitrogen and oxygen atoms in total. The van der Waals surface area contributed by atoms with Crippen molar-refractivity contribution in [1.29, 1.82) is 0 Å². The number of benzene rings is 2. The third-order valence-electron chi connectivity index (χ3n) is 9.32. The second-order valence-corrected chi connectivity index (χ2v) is 15.1. The van der Waals surface area contributed by atoms with Gasteiger partial charge < -0.3 is 19.3 Å². The van der Waals surface area contributed by atoms with Crippen molar-refractivity contribution in [3.8, 4) is 0 Å². The normalized spacial score (nSPS) is 17.1. The van der Waals surface area contributed by atoms with Gasteiger partial charge in [0.05, 0.1) is 0 Å². The fourth-order valence-electron chi connectivity index (χ4n) is 6.49. The van der Waals surface area contributed by atoms with Crippen molar-refractivity contribution in [3.05, 3.63) is 93.9 Å². The molecular formula is C40H48Br2N4O8. The first-order valence-electron chi connectivity index (χ1n) is 18.3. The summed E-state index contributed by atoms with van der Waals surface area (Å²) in [5, 5.41) is 0. The van der Waals surface area contributed by atoms with Crippen LogP contribution in [-0.4, -0.2) is 93.8 Å². The molecule has 2 heterocycles. The van der Waals surface area contributed by atoms with E-state index in [1.54, 1.807) is 0 Å². The Bertz CT molecular complexity index is 1530. The molecule has 0 saturated carbocycles. The lowest BCUT2D eigenvalue weighted by molar-refractivity contribution is -0.144. The highest BCUT2D eigenvalue weighted by Crippen LogP contribution is 2.27. The first kappa shape index (κ1) is 42.4. The minimum Gasteiger partial charge on any atom is -0.461 e. The van der Waals surface area contributed by atoms with E-state index in [0.29, 0.717) is 12.8 Å². The van der Waals surface area contributed by atoms with Crippen LogP contribution in [-0.2, 0) is 41.7 Å². The maximum absolute atomic E-state index is 13.5. The van der Waals surface area contributed by atoms with Crippen LogP contribution in [0.1, 0.15) is 75.3 Å². The third-order valence-corrected chi connectivity index (χ3v) is 10.4. The van der Waals surface area contributed by atoms with Gasteiger partial charge in [-0.05, 0) is 61.1 Å². The zero-order chi connectivity index (χ0) is 39.0. The van der Waals surface area contributed by atoms with Gasteiger partial charge in [-0.25, -0.2) is 9.59 Å². The summed E-state index contributed by atoms with van der Waals surface area (Å²) in [5.74, 6) is -1.52. The van der Waals surface area contributed by atoms with E-state index in [4.69, 9.17) is 9.47 Å². The summed E-state index contributed by atoms with van der Waals surface area (Å²) in [6.45, 7) is 8.30. The predicted octanol–water partition coefficient (Wildman–Crippen LogP) is 7.54. The summed E-state index contributed by atoms with van der Waals surface area (Å²) in [6.07, 6.45) is 7.83. The van der Waals surface area contributed by atoms with E-state index in [2.05, 4.69) is 45.0 Å². The van der Waals surface area contributed by atoms with Gasteiger partial charge in [0.15, 0.2) is 0 Å². The Balaban J connectivity index is 1.24. The zero-order valence-corrected chi connectivity index (χ0v) is 33.6. The quantitative estimate of drug-likeness (QED) is 0.0485. The van der Waals surface area contributed by atoms with Gasteiger partial charge in [0.2, 0.25) is 0 Å². The van der Waals surface area contributed by atoms with E-state index in [1.165, 1.54) is 31.8 Å². The lowest BCUT2D eigenvalue weighted by atomic mass is 10.1. The fraction of sp³-hybridized carbons (Fsp3) is 0.450. The molecule has 54 heavy (non-hydrogen) atoms. The summed E-state index contributed by atoms with van der Waals surface area (Å²) in [4.78, 5) is 83.9. The Hall–Kier alpha value is -4.30.